The SMILES string of the molecule is FC=C(F)c1ccc(I)cc1. The first-order chi connectivity index (χ1) is 5.24. The smallest absolute Gasteiger partial charge is 0.158 e. The maximum absolute atomic E-state index is 12.5. The third-order valence-electron chi connectivity index (χ3n) is 1.22. The summed E-state index contributed by atoms with van der Waals surface area (Å²) in [5, 5.41) is 0. The second-order valence-corrected chi connectivity index (χ2v) is 3.21. The fourth-order valence-corrected chi connectivity index (χ4v) is 1.03. The first-order valence-electron chi connectivity index (χ1n) is 2.96. The Labute approximate surface area is 77.1 Å². The summed E-state index contributed by atoms with van der Waals surface area (Å²) in [5.74, 6) is -0.832. The molecule has 0 radical (unpaired) electrons. The Morgan fingerprint density at radius 3 is 2.27 bits per heavy atom. The highest BCUT2D eigenvalue weighted by Gasteiger charge is 1.97. The molecule has 1 aromatic rings. The highest BCUT2D eigenvalue weighted by atomic mass is 127. The van der Waals surface area contributed by atoms with Crippen LogP contribution in [0.1, 0.15) is 5.56 Å². The van der Waals surface area contributed by atoms with Crippen LogP contribution in [0.25, 0.3) is 5.83 Å². The monoisotopic (exact) mass is 266 g/mol. The standard InChI is InChI=1S/C8H5F2I/c9-5-8(10)6-1-3-7(11)4-2-6/h1-5H. The van der Waals surface area contributed by atoms with Gasteiger partial charge in [-0.2, -0.15) is 0 Å². The number of rotatable bonds is 1. The van der Waals surface area contributed by atoms with Crippen molar-refractivity contribution in [3.05, 3.63) is 39.7 Å². The molecule has 0 aliphatic heterocycles. The lowest BCUT2D eigenvalue weighted by atomic mass is 10.2. The van der Waals surface area contributed by atoms with E-state index in [4.69, 9.17) is 0 Å². The molecule has 0 N–H and O–H groups in total. The highest BCUT2D eigenvalue weighted by molar-refractivity contribution is 14.1. The summed E-state index contributed by atoms with van der Waals surface area (Å²) in [7, 11) is 0. The normalized spacial score (nSPS) is 11.7. The largest absolute Gasteiger partial charge is 0.212 e. The molecule has 0 aromatic heterocycles. The lowest BCUT2D eigenvalue weighted by Crippen LogP contribution is -1.76. The van der Waals surface area contributed by atoms with E-state index >= 15 is 0 Å². The van der Waals surface area contributed by atoms with Crippen LogP contribution in [-0.4, -0.2) is 0 Å². The molecule has 0 aliphatic carbocycles. The van der Waals surface area contributed by atoms with Crippen molar-refractivity contribution in [2.24, 2.45) is 0 Å². The molecule has 58 valence electrons. The minimum absolute atomic E-state index is 0.0395. The Morgan fingerprint density at radius 2 is 1.82 bits per heavy atom. The van der Waals surface area contributed by atoms with Crippen molar-refractivity contribution >= 4 is 28.4 Å². The van der Waals surface area contributed by atoms with Gasteiger partial charge in [0.05, 0.1) is 0 Å². The molecule has 1 aromatic carbocycles. The van der Waals surface area contributed by atoms with Gasteiger partial charge in [0, 0.05) is 9.13 Å². The van der Waals surface area contributed by atoms with Gasteiger partial charge in [0.15, 0.2) is 5.83 Å². The van der Waals surface area contributed by atoms with Gasteiger partial charge in [-0.05, 0) is 34.7 Å². The van der Waals surface area contributed by atoms with Crippen molar-refractivity contribution in [2.75, 3.05) is 0 Å². The van der Waals surface area contributed by atoms with Crippen LogP contribution >= 0.6 is 22.6 Å². The maximum atomic E-state index is 12.5. The number of benzene rings is 1. The van der Waals surface area contributed by atoms with E-state index in [0.29, 0.717) is 0 Å². The van der Waals surface area contributed by atoms with Crippen molar-refractivity contribution in [2.45, 2.75) is 0 Å². The summed E-state index contributed by atoms with van der Waals surface area (Å²) in [4.78, 5) is 0. The first-order valence-corrected chi connectivity index (χ1v) is 4.03. The van der Waals surface area contributed by atoms with Crippen molar-refractivity contribution in [3.8, 4) is 0 Å². The van der Waals surface area contributed by atoms with Gasteiger partial charge >= 0.3 is 0 Å². The van der Waals surface area contributed by atoms with Crippen molar-refractivity contribution in [1.82, 2.24) is 0 Å². The molecule has 0 bridgehead atoms. The third kappa shape index (κ3) is 2.25. The first kappa shape index (κ1) is 8.64. The molecule has 0 unspecified atom stereocenters. The van der Waals surface area contributed by atoms with Crippen molar-refractivity contribution in [3.63, 3.8) is 0 Å². The van der Waals surface area contributed by atoms with Crippen LogP contribution in [0.5, 0.6) is 0 Å². The minimum atomic E-state index is -0.832. The van der Waals surface area contributed by atoms with Gasteiger partial charge in [-0.15, -0.1) is 0 Å². The van der Waals surface area contributed by atoms with Crippen LogP contribution in [-0.2, 0) is 0 Å². The number of hydrogen-bond acceptors (Lipinski definition) is 0. The van der Waals surface area contributed by atoms with Crippen LogP contribution in [0.3, 0.4) is 0 Å². The van der Waals surface area contributed by atoms with Crippen molar-refractivity contribution < 1.29 is 8.78 Å². The molecule has 11 heavy (non-hydrogen) atoms. The lowest BCUT2D eigenvalue weighted by molar-refractivity contribution is 0.671. The second kappa shape index (κ2) is 3.80. The molecule has 3 heteroatoms. The van der Waals surface area contributed by atoms with Gasteiger partial charge in [-0.25, -0.2) is 8.78 Å². The summed E-state index contributed by atoms with van der Waals surface area (Å²) in [6, 6.07) is 6.51. The van der Waals surface area contributed by atoms with Gasteiger partial charge in [-0.1, -0.05) is 12.1 Å². The molecular formula is C8H5F2I. The predicted octanol–water partition coefficient (Wildman–Crippen LogP) is 3.53. The van der Waals surface area contributed by atoms with Gasteiger partial charge < -0.3 is 0 Å². The Kier molecular flexibility index (Phi) is 2.99. The summed E-state index contributed by atoms with van der Waals surface area (Å²) in [5.41, 5.74) is 0.271. The van der Waals surface area contributed by atoms with Crippen LogP contribution in [0, 0.1) is 3.57 Å². The van der Waals surface area contributed by atoms with Gasteiger partial charge in [0.25, 0.3) is 0 Å². The highest BCUT2D eigenvalue weighted by Crippen LogP contribution is 2.16. The van der Waals surface area contributed by atoms with Gasteiger partial charge in [0.1, 0.15) is 6.33 Å². The van der Waals surface area contributed by atoms with E-state index in [1.165, 1.54) is 12.1 Å². The molecule has 0 amide bonds. The summed E-state index contributed by atoms with van der Waals surface area (Å²) in [6.07, 6.45) is -0.0395. The predicted molar refractivity (Wildman–Crippen MR) is 49.4 cm³/mol. The molecule has 0 nitrogen and oxygen atoms in total. The Bertz CT molecular complexity index is 264. The minimum Gasteiger partial charge on any atom is -0.212 e. The van der Waals surface area contributed by atoms with Gasteiger partial charge in [0.2, 0.25) is 0 Å². The second-order valence-electron chi connectivity index (χ2n) is 1.96. The summed E-state index contributed by atoms with van der Waals surface area (Å²) >= 11 is 2.10. The molecule has 0 saturated carbocycles. The fraction of sp³-hybridized carbons (Fsp3) is 0. The molecule has 0 spiro atoms. The van der Waals surface area contributed by atoms with E-state index in [1.807, 2.05) is 0 Å². The van der Waals surface area contributed by atoms with Crippen LogP contribution in [0.4, 0.5) is 8.78 Å². The summed E-state index contributed by atoms with van der Waals surface area (Å²) in [6.45, 7) is 0. The Balaban J connectivity index is 2.99. The average Bonchev–Trinajstić information content (AvgIpc) is 2.05. The zero-order valence-corrected chi connectivity index (χ0v) is 7.68. The van der Waals surface area contributed by atoms with E-state index in [9.17, 15) is 8.78 Å². The number of hydrogen-bond donors (Lipinski definition) is 0. The van der Waals surface area contributed by atoms with Crippen LogP contribution < -0.4 is 0 Å². The zero-order chi connectivity index (χ0) is 8.27. The van der Waals surface area contributed by atoms with Crippen molar-refractivity contribution in [1.29, 1.82) is 0 Å². The van der Waals surface area contributed by atoms with E-state index in [1.54, 1.807) is 12.1 Å². The molecule has 0 saturated heterocycles. The quantitative estimate of drug-likeness (QED) is 0.682. The zero-order valence-electron chi connectivity index (χ0n) is 5.52. The summed E-state index contributed by atoms with van der Waals surface area (Å²) < 4.78 is 25.1. The molecule has 0 fully saturated rings. The number of halogens is 3. The Morgan fingerprint density at radius 1 is 1.27 bits per heavy atom. The fourth-order valence-electron chi connectivity index (χ4n) is 0.672. The lowest BCUT2D eigenvalue weighted by Gasteiger charge is -1.94. The van der Waals surface area contributed by atoms with E-state index in [0.717, 1.165) is 3.57 Å². The maximum Gasteiger partial charge on any atom is 0.158 e. The molecule has 0 heterocycles. The van der Waals surface area contributed by atoms with Crippen LogP contribution in [0.15, 0.2) is 30.6 Å². The topological polar surface area (TPSA) is 0 Å². The van der Waals surface area contributed by atoms with E-state index in [-0.39, 0.29) is 11.9 Å². The third-order valence-corrected chi connectivity index (χ3v) is 1.93. The van der Waals surface area contributed by atoms with Crippen LogP contribution in [0.2, 0.25) is 0 Å². The Hall–Kier alpha value is -0.450. The van der Waals surface area contributed by atoms with Gasteiger partial charge in [-0.3, -0.25) is 0 Å². The molecule has 0 aliphatic rings. The average molecular weight is 266 g/mol. The van der Waals surface area contributed by atoms with E-state index in [2.05, 4.69) is 22.6 Å². The molecule has 1 rings (SSSR count). The molecule has 0 atom stereocenters. The van der Waals surface area contributed by atoms with E-state index < -0.39 is 5.83 Å². The molecular weight excluding hydrogens is 261 g/mol.